The first-order valence-electron chi connectivity index (χ1n) is 7.74. The topological polar surface area (TPSA) is 41.6 Å². The summed E-state index contributed by atoms with van der Waals surface area (Å²) in [5.74, 6) is 0.370. The Labute approximate surface area is 127 Å². The van der Waals surface area contributed by atoms with Crippen molar-refractivity contribution in [1.29, 1.82) is 0 Å². The van der Waals surface area contributed by atoms with Crippen LogP contribution in [0.15, 0.2) is 30.3 Å². The second kappa shape index (κ2) is 8.15. The van der Waals surface area contributed by atoms with Crippen molar-refractivity contribution in [3.8, 4) is 0 Å². The number of carbonyl (C=O) groups is 1. The highest BCUT2D eigenvalue weighted by Crippen LogP contribution is 2.33. The lowest BCUT2D eigenvalue weighted by Crippen LogP contribution is -2.40. The van der Waals surface area contributed by atoms with Crippen LogP contribution in [0.25, 0.3) is 0 Å². The van der Waals surface area contributed by atoms with E-state index in [-0.39, 0.29) is 12.0 Å². The van der Waals surface area contributed by atoms with E-state index >= 15 is 0 Å². The first-order valence-corrected chi connectivity index (χ1v) is 7.74. The molecule has 1 unspecified atom stereocenters. The van der Waals surface area contributed by atoms with Gasteiger partial charge in [-0.25, -0.2) is 0 Å². The summed E-state index contributed by atoms with van der Waals surface area (Å²) in [7, 11) is 3.60. The minimum atomic E-state index is -0.116. The first kappa shape index (κ1) is 16.0. The Morgan fingerprint density at radius 2 is 2.10 bits per heavy atom. The van der Waals surface area contributed by atoms with E-state index in [2.05, 4.69) is 41.5 Å². The highest BCUT2D eigenvalue weighted by Gasteiger charge is 2.36. The van der Waals surface area contributed by atoms with Gasteiger partial charge in [0.2, 0.25) is 0 Å². The standard InChI is InChI=1S/C17H26N2O2/c1-19(13-14-7-4-3-5-8-14)12-6-11-18-16(15-9-10-15)17(20)21-2/h3-5,7-8,15-16,18H,6,9-13H2,1-2H3. The zero-order valence-corrected chi connectivity index (χ0v) is 13.0. The average molecular weight is 290 g/mol. The Balaban J connectivity index is 1.63. The number of esters is 1. The fourth-order valence-corrected chi connectivity index (χ4v) is 2.58. The molecular weight excluding hydrogens is 264 g/mol. The molecule has 0 bridgehead atoms. The number of rotatable bonds is 9. The molecule has 1 saturated carbocycles. The summed E-state index contributed by atoms with van der Waals surface area (Å²) in [6.07, 6.45) is 3.31. The molecule has 1 aromatic carbocycles. The first-order chi connectivity index (χ1) is 10.2. The summed E-state index contributed by atoms with van der Waals surface area (Å²) in [4.78, 5) is 14.0. The molecule has 1 atom stereocenters. The molecule has 0 heterocycles. The number of nitrogens with zero attached hydrogens (tertiary/aromatic N) is 1. The van der Waals surface area contributed by atoms with Crippen molar-refractivity contribution in [1.82, 2.24) is 10.2 Å². The van der Waals surface area contributed by atoms with E-state index in [1.165, 1.54) is 12.7 Å². The van der Waals surface area contributed by atoms with Crippen LogP contribution in [0.3, 0.4) is 0 Å². The van der Waals surface area contributed by atoms with Crippen LogP contribution in [0.1, 0.15) is 24.8 Å². The Bertz CT molecular complexity index is 432. The third kappa shape index (κ3) is 5.48. The predicted molar refractivity (Wildman–Crippen MR) is 83.9 cm³/mol. The van der Waals surface area contributed by atoms with Gasteiger partial charge in [0.1, 0.15) is 6.04 Å². The van der Waals surface area contributed by atoms with E-state index in [4.69, 9.17) is 4.74 Å². The van der Waals surface area contributed by atoms with Gasteiger partial charge in [0.25, 0.3) is 0 Å². The number of hydrogen-bond acceptors (Lipinski definition) is 4. The molecule has 0 aromatic heterocycles. The minimum Gasteiger partial charge on any atom is -0.468 e. The lowest BCUT2D eigenvalue weighted by atomic mass is 10.2. The van der Waals surface area contributed by atoms with Crippen molar-refractivity contribution in [2.45, 2.75) is 31.8 Å². The van der Waals surface area contributed by atoms with Crippen LogP contribution in [-0.2, 0) is 16.1 Å². The lowest BCUT2D eigenvalue weighted by Gasteiger charge is -2.19. The summed E-state index contributed by atoms with van der Waals surface area (Å²) < 4.78 is 4.86. The molecule has 0 aliphatic heterocycles. The third-order valence-corrected chi connectivity index (χ3v) is 3.92. The van der Waals surface area contributed by atoms with Crippen molar-refractivity contribution in [3.63, 3.8) is 0 Å². The Morgan fingerprint density at radius 1 is 1.38 bits per heavy atom. The van der Waals surface area contributed by atoms with Crippen LogP contribution in [0.2, 0.25) is 0 Å². The van der Waals surface area contributed by atoms with Crippen LogP contribution in [0.5, 0.6) is 0 Å². The smallest absolute Gasteiger partial charge is 0.323 e. The van der Waals surface area contributed by atoms with E-state index < -0.39 is 0 Å². The third-order valence-electron chi connectivity index (χ3n) is 3.92. The van der Waals surface area contributed by atoms with Gasteiger partial charge in [0.15, 0.2) is 0 Å². The lowest BCUT2D eigenvalue weighted by molar-refractivity contribution is -0.143. The van der Waals surface area contributed by atoms with Gasteiger partial charge in [0, 0.05) is 6.54 Å². The van der Waals surface area contributed by atoms with Crippen molar-refractivity contribution < 1.29 is 9.53 Å². The molecule has 21 heavy (non-hydrogen) atoms. The minimum absolute atomic E-state index is 0.102. The molecular formula is C17H26N2O2. The number of methoxy groups -OCH3 is 1. The zero-order valence-electron chi connectivity index (χ0n) is 13.0. The Morgan fingerprint density at radius 3 is 2.71 bits per heavy atom. The fourth-order valence-electron chi connectivity index (χ4n) is 2.58. The van der Waals surface area contributed by atoms with Crippen LogP contribution in [0.4, 0.5) is 0 Å². The molecule has 4 heteroatoms. The van der Waals surface area contributed by atoms with E-state index in [1.807, 2.05) is 6.07 Å². The summed E-state index contributed by atoms with van der Waals surface area (Å²) in [5, 5.41) is 3.35. The number of carbonyl (C=O) groups excluding carboxylic acids is 1. The van der Waals surface area contributed by atoms with Gasteiger partial charge in [-0.15, -0.1) is 0 Å². The molecule has 2 rings (SSSR count). The highest BCUT2D eigenvalue weighted by atomic mass is 16.5. The molecule has 0 saturated heterocycles. The average Bonchev–Trinajstić information content (AvgIpc) is 3.32. The maximum atomic E-state index is 11.7. The quantitative estimate of drug-likeness (QED) is 0.558. The van der Waals surface area contributed by atoms with Gasteiger partial charge in [-0.3, -0.25) is 4.79 Å². The number of hydrogen-bond donors (Lipinski definition) is 1. The normalized spacial score (nSPS) is 16.0. The molecule has 1 aliphatic carbocycles. The molecule has 0 radical (unpaired) electrons. The number of benzene rings is 1. The van der Waals surface area contributed by atoms with Gasteiger partial charge >= 0.3 is 5.97 Å². The summed E-state index contributed by atoms with van der Waals surface area (Å²) >= 11 is 0. The monoisotopic (exact) mass is 290 g/mol. The molecule has 1 aliphatic rings. The van der Waals surface area contributed by atoms with E-state index in [1.54, 1.807) is 0 Å². The van der Waals surface area contributed by atoms with Gasteiger partial charge in [-0.05, 0) is 50.9 Å². The maximum Gasteiger partial charge on any atom is 0.323 e. The summed E-state index contributed by atoms with van der Waals surface area (Å²) in [6, 6.07) is 10.4. The van der Waals surface area contributed by atoms with E-state index in [0.717, 1.165) is 38.9 Å². The molecule has 1 aromatic rings. The zero-order chi connectivity index (χ0) is 15.1. The summed E-state index contributed by atoms with van der Waals surface area (Å²) in [6.45, 7) is 2.83. The van der Waals surface area contributed by atoms with Crippen molar-refractivity contribution >= 4 is 5.97 Å². The number of nitrogens with one attached hydrogen (secondary N) is 1. The SMILES string of the molecule is COC(=O)C(NCCCN(C)Cc1ccccc1)C1CC1. The fraction of sp³-hybridized carbons (Fsp3) is 0.588. The van der Waals surface area contributed by atoms with Crippen molar-refractivity contribution in [3.05, 3.63) is 35.9 Å². The van der Waals surface area contributed by atoms with Gasteiger partial charge in [-0.1, -0.05) is 30.3 Å². The second-order valence-electron chi connectivity index (χ2n) is 5.87. The maximum absolute atomic E-state index is 11.7. The summed E-state index contributed by atoms with van der Waals surface area (Å²) in [5.41, 5.74) is 1.33. The van der Waals surface area contributed by atoms with Gasteiger partial charge in [-0.2, -0.15) is 0 Å². The molecule has 1 N–H and O–H groups in total. The predicted octanol–water partition coefficient (Wildman–Crippen LogP) is 2.05. The molecule has 116 valence electrons. The van der Waals surface area contributed by atoms with Crippen molar-refractivity contribution in [2.24, 2.45) is 5.92 Å². The van der Waals surface area contributed by atoms with E-state index in [0.29, 0.717) is 5.92 Å². The Kier molecular flexibility index (Phi) is 6.21. The second-order valence-corrected chi connectivity index (χ2v) is 5.87. The van der Waals surface area contributed by atoms with Crippen LogP contribution >= 0.6 is 0 Å². The van der Waals surface area contributed by atoms with Crippen LogP contribution in [0, 0.1) is 5.92 Å². The van der Waals surface area contributed by atoms with Gasteiger partial charge < -0.3 is 15.0 Å². The number of ether oxygens (including phenoxy) is 1. The van der Waals surface area contributed by atoms with Crippen LogP contribution in [-0.4, -0.2) is 44.2 Å². The molecule has 0 amide bonds. The Hall–Kier alpha value is -1.39. The molecule has 1 fully saturated rings. The largest absolute Gasteiger partial charge is 0.468 e. The molecule has 4 nitrogen and oxygen atoms in total. The highest BCUT2D eigenvalue weighted by molar-refractivity contribution is 5.76. The van der Waals surface area contributed by atoms with Gasteiger partial charge in [0.05, 0.1) is 7.11 Å². The van der Waals surface area contributed by atoms with E-state index in [9.17, 15) is 4.79 Å². The molecule has 0 spiro atoms. The van der Waals surface area contributed by atoms with Crippen LogP contribution < -0.4 is 5.32 Å². The van der Waals surface area contributed by atoms with Crippen molar-refractivity contribution in [2.75, 3.05) is 27.2 Å².